The number of hydrogen-bond acceptors (Lipinski definition) is 4. The Bertz CT molecular complexity index is 514. The minimum absolute atomic E-state index is 0.0493. The van der Waals surface area contributed by atoms with Crippen LogP contribution in [0.2, 0.25) is 0 Å². The molecule has 1 aromatic heterocycles. The molecule has 1 heterocycles. The van der Waals surface area contributed by atoms with Crippen molar-refractivity contribution in [1.29, 1.82) is 0 Å². The average Bonchev–Trinajstić information content (AvgIpc) is 2.62. The van der Waals surface area contributed by atoms with Crippen LogP contribution < -0.4 is 0 Å². The number of aryl methyl sites for hydroxylation is 1. The van der Waals surface area contributed by atoms with E-state index in [1.165, 1.54) is 10.4 Å². The van der Waals surface area contributed by atoms with Crippen LogP contribution in [0.1, 0.15) is 28.4 Å². The van der Waals surface area contributed by atoms with Gasteiger partial charge in [-0.25, -0.2) is 13.2 Å². The van der Waals surface area contributed by atoms with E-state index >= 15 is 0 Å². The van der Waals surface area contributed by atoms with Crippen LogP contribution >= 0.6 is 11.3 Å². The van der Waals surface area contributed by atoms with Crippen molar-refractivity contribution in [3.63, 3.8) is 0 Å². The summed E-state index contributed by atoms with van der Waals surface area (Å²) in [6.07, 6.45) is 0. The smallest absolute Gasteiger partial charge is 0.345 e. The van der Waals surface area contributed by atoms with Crippen LogP contribution in [-0.2, 0) is 10.0 Å². The molecule has 0 aliphatic carbocycles. The van der Waals surface area contributed by atoms with Crippen molar-refractivity contribution in [3.05, 3.63) is 15.8 Å². The molecule has 1 aromatic rings. The molecule has 0 radical (unpaired) electrons. The van der Waals surface area contributed by atoms with Gasteiger partial charge in [-0.2, -0.15) is 4.31 Å². The summed E-state index contributed by atoms with van der Waals surface area (Å²) in [7, 11) is -3.56. The molecular formula is C10H15NO4S2. The topological polar surface area (TPSA) is 74.7 Å². The van der Waals surface area contributed by atoms with Crippen LogP contribution in [0.4, 0.5) is 0 Å². The van der Waals surface area contributed by atoms with Crippen LogP contribution in [-0.4, -0.2) is 36.9 Å². The van der Waals surface area contributed by atoms with Crippen molar-refractivity contribution in [2.24, 2.45) is 0 Å². The predicted molar refractivity (Wildman–Crippen MR) is 66.1 cm³/mol. The van der Waals surface area contributed by atoms with Gasteiger partial charge in [0.2, 0.25) is 10.0 Å². The van der Waals surface area contributed by atoms with Gasteiger partial charge in [-0.15, -0.1) is 11.3 Å². The quantitative estimate of drug-likeness (QED) is 0.890. The zero-order valence-electron chi connectivity index (χ0n) is 9.93. The lowest BCUT2D eigenvalue weighted by Gasteiger charge is -2.17. The van der Waals surface area contributed by atoms with Crippen molar-refractivity contribution >= 4 is 27.3 Å². The highest BCUT2D eigenvalue weighted by molar-refractivity contribution is 7.89. The van der Waals surface area contributed by atoms with Crippen LogP contribution in [0, 0.1) is 6.92 Å². The van der Waals surface area contributed by atoms with Gasteiger partial charge in [0.05, 0.1) is 4.90 Å². The molecule has 96 valence electrons. The Kier molecular flexibility index (Phi) is 4.29. The first-order valence-corrected chi connectivity index (χ1v) is 7.44. The Balaban J connectivity index is 3.29. The van der Waals surface area contributed by atoms with Crippen molar-refractivity contribution in [3.8, 4) is 0 Å². The predicted octanol–water partition coefficient (Wildman–Crippen LogP) is 1.79. The summed E-state index contributed by atoms with van der Waals surface area (Å²) < 4.78 is 25.7. The maximum atomic E-state index is 12.2. The molecule has 5 nitrogen and oxygen atoms in total. The second-order valence-electron chi connectivity index (χ2n) is 3.43. The number of sulfonamides is 1. The standard InChI is InChI=1S/C10H15NO4S2/c1-4-11(5-2)17(14,15)9-6-8(10(12)13)16-7(9)3/h6H,4-5H2,1-3H3,(H,12,13). The number of thiophene rings is 1. The third kappa shape index (κ3) is 2.67. The molecule has 0 saturated carbocycles. The van der Waals surface area contributed by atoms with E-state index in [1.807, 2.05) is 0 Å². The van der Waals surface area contributed by atoms with Gasteiger partial charge in [0, 0.05) is 18.0 Å². The zero-order chi connectivity index (χ0) is 13.2. The van der Waals surface area contributed by atoms with E-state index in [0.29, 0.717) is 18.0 Å². The number of carboxylic acids is 1. The number of nitrogens with zero attached hydrogens (tertiary/aromatic N) is 1. The molecule has 0 unspecified atom stereocenters. The lowest BCUT2D eigenvalue weighted by atomic mass is 10.4. The summed E-state index contributed by atoms with van der Waals surface area (Å²) >= 11 is 0.982. The van der Waals surface area contributed by atoms with Crippen molar-refractivity contribution in [1.82, 2.24) is 4.31 Å². The average molecular weight is 277 g/mol. The molecule has 0 saturated heterocycles. The lowest BCUT2D eigenvalue weighted by Crippen LogP contribution is -2.30. The monoisotopic (exact) mass is 277 g/mol. The highest BCUT2D eigenvalue weighted by Gasteiger charge is 2.26. The molecule has 7 heteroatoms. The fraction of sp³-hybridized carbons (Fsp3) is 0.500. The van der Waals surface area contributed by atoms with E-state index < -0.39 is 16.0 Å². The van der Waals surface area contributed by atoms with E-state index in [1.54, 1.807) is 20.8 Å². The van der Waals surface area contributed by atoms with E-state index in [9.17, 15) is 13.2 Å². The lowest BCUT2D eigenvalue weighted by molar-refractivity contribution is 0.0702. The minimum Gasteiger partial charge on any atom is -0.477 e. The van der Waals surface area contributed by atoms with Gasteiger partial charge in [-0.3, -0.25) is 0 Å². The van der Waals surface area contributed by atoms with Gasteiger partial charge >= 0.3 is 5.97 Å². The Morgan fingerprint density at radius 2 is 1.94 bits per heavy atom. The first kappa shape index (κ1) is 14.1. The summed E-state index contributed by atoms with van der Waals surface area (Å²) in [5.74, 6) is -1.10. The third-order valence-corrected chi connectivity index (χ3v) is 5.75. The van der Waals surface area contributed by atoms with Crippen LogP contribution in [0.3, 0.4) is 0 Å². The van der Waals surface area contributed by atoms with E-state index in [-0.39, 0.29) is 9.77 Å². The number of carboxylic acid groups (broad SMARTS) is 1. The Morgan fingerprint density at radius 3 is 2.29 bits per heavy atom. The number of hydrogen-bond donors (Lipinski definition) is 1. The van der Waals surface area contributed by atoms with Gasteiger partial charge < -0.3 is 5.11 Å². The van der Waals surface area contributed by atoms with Gasteiger partial charge in [0.25, 0.3) is 0 Å². The summed E-state index contributed by atoms with van der Waals surface area (Å²) in [4.78, 5) is 11.5. The Morgan fingerprint density at radius 1 is 1.41 bits per heavy atom. The van der Waals surface area contributed by atoms with Gasteiger partial charge in [-0.05, 0) is 13.0 Å². The molecule has 0 atom stereocenters. The molecule has 0 aliphatic heterocycles. The van der Waals surface area contributed by atoms with E-state index in [2.05, 4.69) is 0 Å². The molecule has 17 heavy (non-hydrogen) atoms. The molecule has 0 amide bonds. The molecule has 0 aromatic carbocycles. The first-order chi connectivity index (χ1) is 7.84. The van der Waals surface area contributed by atoms with E-state index in [4.69, 9.17) is 5.11 Å². The second-order valence-corrected chi connectivity index (χ2v) is 6.59. The van der Waals surface area contributed by atoms with Crippen molar-refractivity contribution in [2.75, 3.05) is 13.1 Å². The highest BCUT2D eigenvalue weighted by Crippen LogP contribution is 2.28. The van der Waals surface area contributed by atoms with Crippen LogP contribution in [0.5, 0.6) is 0 Å². The normalized spacial score (nSPS) is 12.0. The summed E-state index contributed by atoms with van der Waals surface area (Å²) in [6.45, 7) is 5.86. The van der Waals surface area contributed by atoms with Gasteiger partial charge in [0.1, 0.15) is 4.88 Å². The maximum Gasteiger partial charge on any atom is 0.345 e. The molecular weight excluding hydrogens is 262 g/mol. The molecule has 0 aliphatic rings. The molecule has 1 N–H and O–H groups in total. The molecule has 1 rings (SSSR count). The maximum absolute atomic E-state index is 12.2. The SMILES string of the molecule is CCN(CC)S(=O)(=O)c1cc(C(=O)O)sc1C. The fourth-order valence-corrected chi connectivity index (χ4v) is 4.39. The first-order valence-electron chi connectivity index (χ1n) is 5.18. The zero-order valence-corrected chi connectivity index (χ0v) is 11.6. The number of carbonyl (C=O) groups is 1. The summed E-state index contributed by atoms with van der Waals surface area (Å²) in [5.41, 5.74) is 0. The van der Waals surface area contributed by atoms with E-state index in [0.717, 1.165) is 11.3 Å². The fourth-order valence-electron chi connectivity index (χ4n) is 1.53. The highest BCUT2D eigenvalue weighted by atomic mass is 32.2. The molecule has 0 bridgehead atoms. The summed E-state index contributed by atoms with van der Waals surface area (Å²) in [5, 5.41) is 8.84. The van der Waals surface area contributed by atoms with Crippen LogP contribution in [0.15, 0.2) is 11.0 Å². The minimum atomic E-state index is -3.56. The van der Waals surface area contributed by atoms with Gasteiger partial charge in [0.15, 0.2) is 0 Å². The van der Waals surface area contributed by atoms with Crippen molar-refractivity contribution < 1.29 is 18.3 Å². The number of rotatable bonds is 5. The second kappa shape index (κ2) is 5.16. The Hall–Kier alpha value is -0.920. The largest absolute Gasteiger partial charge is 0.477 e. The molecule has 0 fully saturated rings. The summed E-state index contributed by atoms with van der Waals surface area (Å²) in [6, 6.07) is 1.23. The van der Waals surface area contributed by atoms with Gasteiger partial charge in [-0.1, -0.05) is 13.8 Å². The Labute approximate surface area is 105 Å². The van der Waals surface area contributed by atoms with Crippen molar-refractivity contribution in [2.45, 2.75) is 25.7 Å². The third-order valence-electron chi connectivity index (χ3n) is 2.41. The molecule has 0 spiro atoms. The van der Waals surface area contributed by atoms with Crippen LogP contribution in [0.25, 0.3) is 0 Å². The number of aromatic carboxylic acids is 1.